The van der Waals surface area contributed by atoms with E-state index in [1.54, 1.807) is 0 Å². The molecule has 2 heterocycles. The monoisotopic (exact) mass is 365 g/mol. The van der Waals surface area contributed by atoms with E-state index in [0.717, 1.165) is 28.1 Å². The van der Waals surface area contributed by atoms with Crippen LogP contribution in [0.3, 0.4) is 0 Å². The number of ether oxygens (including phenoxy) is 1. The number of rotatable bonds is 3. The SMILES string of the molecule is COC(=O)c1c(C)cc(Nc2ccc(Cl)cc2)n2c1nc1ccccc12. The van der Waals surface area contributed by atoms with Crippen LogP contribution >= 0.6 is 11.6 Å². The lowest BCUT2D eigenvalue weighted by molar-refractivity contribution is 0.0601. The zero-order chi connectivity index (χ0) is 18.3. The van der Waals surface area contributed by atoms with Crippen molar-refractivity contribution in [3.63, 3.8) is 0 Å². The molecular formula is C20H16ClN3O2. The van der Waals surface area contributed by atoms with Crippen molar-refractivity contribution in [2.75, 3.05) is 12.4 Å². The predicted molar refractivity (Wildman–Crippen MR) is 104 cm³/mol. The number of aryl methyl sites for hydroxylation is 1. The van der Waals surface area contributed by atoms with Gasteiger partial charge in [0.25, 0.3) is 0 Å². The van der Waals surface area contributed by atoms with Crippen LogP contribution in [0.1, 0.15) is 15.9 Å². The number of esters is 1. The number of hydrogen-bond donors (Lipinski definition) is 1. The molecule has 0 saturated carbocycles. The van der Waals surface area contributed by atoms with Crippen LogP contribution in [0.2, 0.25) is 5.02 Å². The van der Waals surface area contributed by atoms with E-state index in [9.17, 15) is 4.79 Å². The Hall–Kier alpha value is -3.05. The van der Waals surface area contributed by atoms with Crippen molar-refractivity contribution in [3.8, 4) is 0 Å². The molecule has 5 nitrogen and oxygen atoms in total. The first kappa shape index (κ1) is 16.4. The molecule has 0 unspecified atom stereocenters. The smallest absolute Gasteiger partial charge is 0.341 e. The van der Waals surface area contributed by atoms with Gasteiger partial charge in [0.1, 0.15) is 11.4 Å². The number of carbonyl (C=O) groups is 1. The molecule has 0 amide bonds. The third-order valence-corrected chi connectivity index (χ3v) is 4.53. The van der Waals surface area contributed by atoms with Gasteiger partial charge in [0.15, 0.2) is 5.65 Å². The third kappa shape index (κ3) is 2.66. The Morgan fingerprint density at radius 1 is 1.15 bits per heavy atom. The Labute approximate surface area is 155 Å². The molecular weight excluding hydrogens is 350 g/mol. The summed E-state index contributed by atoms with van der Waals surface area (Å²) in [7, 11) is 1.38. The second-order valence-electron chi connectivity index (χ2n) is 5.97. The van der Waals surface area contributed by atoms with Crippen molar-refractivity contribution in [1.29, 1.82) is 0 Å². The largest absolute Gasteiger partial charge is 0.465 e. The van der Waals surface area contributed by atoms with Gasteiger partial charge in [0.05, 0.1) is 18.1 Å². The Bertz CT molecular complexity index is 1130. The molecule has 0 spiro atoms. The fraction of sp³-hybridized carbons (Fsp3) is 0.100. The first-order valence-electron chi connectivity index (χ1n) is 8.10. The number of hydrogen-bond acceptors (Lipinski definition) is 4. The number of fused-ring (bicyclic) bond motifs is 3. The molecule has 0 radical (unpaired) electrons. The van der Waals surface area contributed by atoms with Crippen LogP contribution in [0.25, 0.3) is 16.7 Å². The molecule has 130 valence electrons. The van der Waals surface area contributed by atoms with Gasteiger partial charge in [0.2, 0.25) is 0 Å². The minimum absolute atomic E-state index is 0.402. The van der Waals surface area contributed by atoms with Gasteiger partial charge in [-0.1, -0.05) is 23.7 Å². The average Bonchev–Trinajstić information content (AvgIpc) is 3.02. The van der Waals surface area contributed by atoms with E-state index in [0.29, 0.717) is 16.2 Å². The summed E-state index contributed by atoms with van der Waals surface area (Å²) in [5.74, 6) is 0.405. The van der Waals surface area contributed by atoms with E-state index in [-0.39, 0.29) is 0 Å². The predicted octanol–water partition coefficient (Wildman–Crippen LogP) is 4.98. The van der Waals surface area contributed by atoms with Gasteiger partial charge >= 0.3 is 5.97 Å². The number of imidazole rings is 1. The van der Waals surface area contributed by atoms with E-state index in [4.69, 9.17) is 16.3 Å². The molecule has 0 aliphatic heterocycles. The van der Waals surface area contributed by atoms with Crippen LogP contribution in [-0.4, -0.2) is 22.5 Å². The first-order valence-corrected chi connectivity index (χ1v) is 8.48. The zero-order valence-corrected chi connectivity index (χ0v) is 15.0. The second-order valence-corrected chi connectivity index (χ2v) is 6.41. The third-order valence-electron chi connectivity index (χ3n) is 4.28. The molecule has 0 aliphatic carbocycles. The van der Waals surface area contributed by atoms with Gasteiger partial charge in [0, 0.05) is 10.7 Å². The number of aromatic nitrogens is 2. The average molecular weight is 366 g/mol. The van der Waals surface area contributed by atoms with E-state index >= 15 is 0 Å². The molecule has 0 bridgehead atoms. The molecule has 0 fully saturated rings. The van der Waals surface area contributed by atoms with Gasteiger partial charge in [-0.2, -0.15) is 0 Å². The Kier molecular flexibility index (Phi) is 4.01. The summed E-state index contributed by atoms with van der Waals surface area (Å²) in [6, 6.07) is 17.1. The Morgan fingerprint density at radius 3 is 2.62 bits per heavy atom. The van der Waals surface area contributed by atoms with E-state index < -0.39 is 5.97 Å². The van der Waals surface area contributed by atoms with Crippen molar-refractivity contribution < 1.29 is 9.53 Å². The van der Waals surface area contributed by atoms with Crippen LogP contribution in [0.15, 0.2) is 54.6 Å². The Balaban J connectivity index is 2.00. The fourth-order valence-corrected chi connectivity index (χ4v) is 3.21. The standard InChI is InChI=1S/C20H16ClN3O2/c1-12-11-17(22-14-9-7-13(21)8-10-14)24-16-6-4-3-5-15(16)23-19(24)18(12)20(25)26-2/h3-11,22H,1-2H3. The van der Waals surface area contributed by atoms with E-state index in [2.05, 4.69) is 10.3 Å². The lowest BCUT2D eigenvalue weighted by atomic mass is 10.1. The highest BCUT2D eigenvalue weighted by Crippen LogP contribution is 2.29. The van der Waals surface area contributed by atoms with Gasteiger partial charge in [-0.15, -0.1) is 0 Å². The van der Waals surface area contributed by atoms with Gasteiger partial charge in [-0.25, -0.2) is 9.78 Å². The number of benzene rings is 2. The lowest BCUT2D eigenvalue weighted by Gasteiger charge is -2.14. The lowest BCUT2D eigenvalue weighted by Crippen LogP contribution is -2.09. The maximum Gasteiger partial charge on any atom is 0.341 e. The number of anilines is 2. The summed E-state index contributed by atoms with van der Waals surface area (Å²) in [5.41, 5.74) is 4.42. The molecule has 0 atom stereocenters. The molecule has 0 saturated heterocycles. The second kappa shape index (κ2) is 6.35. The first-order chi connectivity index (χ1) is 12.6. The number of pyridine rings is 1. The zero-order valence-electron chi connectivity index (χ0n) is 14.3. The minimum Gasteiger partial charge on any atom is -0.465 e. The topological polar surface area (TPSA) is 55.6 Å². The van der Waals surface area contributed by atoms with Gasteiger partial charge in [-0.05, 0) is 55.0 Å². The summed E-state index contributed by atoms with van der Waals surface area (Å²) < 4.78 is 6.90. The molecule has 6 heteroatoms. The number of nitrogens with one attached hydrogen (secondary N) is 1. The van der Waals surface area contributed by atoms with Crippen LogP contribution in [0.5, 0.6) is 0 Å². The summed E-state index contributed by atoms with van der Waals surface area (Å²) >= 11 is 5.97. The van der Waals surface area contributed by atoms with Crippen molar-refractivity contribution in [2.45, 2.75) is 6.92 Å². The molecule has 2 aromatic carbocycles. The maximum absolute atomic E-state index is 12.3. The number of para-hydroxylation sites is 2. The van der Waals surface area contributed by atoms with E-state index in [1.807, 2.05) is 65.9 Å². The van der Waals surface area contributed by atoms with Crippen LogP contribution in [0.4, 0.5) is 11.5 Å². The molecule has 4 aromatic rings. The van der Waals surface area contributed by atoms with E-state index in [1.165, 1.54) is 7.11 Å². The van der Waals surface area contributed by atoms with Gasteiger partial charge in [-0.3, -0.25) is 4.40 Å². The molecule has 1 N–H and O–H groups in total. The number of carbonyl (C=O) groups excluding carboxylic acids is 1. The summed E-state index contributed by atoms with van der Waals surface area (Å²) in [4.78, 5) is 17.0. The summed E-state index contributed by atoms with van der Waals surface area (Å²) in [5, 5.41) is 4.06. The number of halogens is 1. The molecule has 26 heavy (non-hydrogen) atoms. The quantitative estimate of drug-likeness (QED) is 0.520. The van der Waals surface area contributed by atoms with Crippen molar-refractivity contribution in [2.24, 2.45) is 0 Å². The number of nitrogens with zero attached hydrogens (tertiary/aromatic N) is 2. The molecule has 0 aliphatic rings. The van der Waals surface area contributed by atoms with Crippen LogP contribution in [-0.2, 0) is 4.74 Å². The summed E-state index contributed by atoms with van der Waals surface area (Å²) in [6.45, 7) is 1.87. The highest BCUT2D eigenvalue weighted by molar-refractivity contribution is 6.30. The molecule has 2 aromatic heterocycles. The van der Waals surface area contributed by atoms with Crippen molar-refractivity contribution in [3.05, 3.63) is 70.7 Å². The van der Waals surface area contributed by atoms with Crippen molar-refractivity contribution in [1.82, 2.24) is 9.38 Å². The maximum atomic E-state index is 12.3. The van der Waals surface area contributed by atoms with Crippen LogP contribution < -0.4 is 5.32 Å². The van der Waals surface area contributed by atoms with Gasteiger partial charge < -0.3 is 10.1 Å². The highest BCUT2D eigenvalue weighted by Gasteiger charge is 2.20. The normalized spacial score (nSPS) is 11.0. The minimum atomic E-state index is -0.402. The number of methoxy groups -OCH3 is 1. The highest BCUT2D eigenvalue weighted by atomic mass is 35.5. The molecule has 4 rings (SSSR count). The fourth-order valence-electron chi connectivity index (χ4n) is 3.08. The summed E-state index contributed by atoms with van der Waals surface area (Å²) in [6.07, 6.45) is 0. The Morgan fingerprint density at radius 2 is 1.88 bits per heavy atom. The van der Waals surface area contributed by atoms with Crippen LogP contribution in [0, 0.1) is 6.92 Å². The van der Waals surface area contributed by atoms with Crippen molar-refractivity contribution >= 4 is 45.8 Å².